The van der Waals surface area contributed by atoms with Gasteiger partial charge in [0.05, 0.1) is 12.2 Å². The molecule has 1 aromatic heterocycles. The van der Waals surface area contributed by atoms with E-state index in [0.717, 1.165) is 6.07 Å². The van der Waals surface area contributed by atoms with Gasteiger partial charge in [0.2, 0.25) is 5.88 Å². The molecule has 0 radical (unpaired) electrons. The van der Waals surface area contributed by atoms with E-state index in [2.05, 4.69) is 4.98 Å². The quantitative estimate of drug-likeness (QED) is 0.780. The molecular weight excluding hydrogens is 361 g/mol. The van der Waals surface area contributed by atoms with Gasteiger partial charge in [0, 0.05) is 25.2 Å². The van der Waals surface area contributed by atoms with Crippen LogP contribution in [0, 0.1) is 5.92 Å². The Morgan fingerprint density at radius 2 is 2.08 bits per heavy atom. The second-order valence-corrected chi connectivity index (χ2v) is 7.31. The molecule has 1 aliphatic rings. The fourth-order valence-corrected chi connectivity index (χ4v) is 2.57. The van der Waals surface area contributed by atoms with Crippen molar-refractivity contribution in [2.45, 2.75) is 39.0 Å². The van der Waals surface area contributed by atoms with Gasteiger partial charge in [-0.2, -0.15) is 13.2 Å². The summed E-state index contributed by atoms with van der Waals surface area (Å²) in [6.45, 7) is 6.57. The summed E-state index contributed by atoms with van der Waals surface area (Å²) in [5, 5.41) is -0.197. The molecule has 0 unspecified atom stereocenters. The summed E-state index contributed by atoms with van der Waals surface area (Å²) in [6.07, 6.45) is -3.50. The molecule has 1 amide bonds. The van der Waals surface area contributed by atoms with E-state index in [1.54, 1.807) is 25.7 Å². The number of pyridine rings is 1. The predicted octanol–water partition coefficient (Wildman–Crippen LogP) is 4.39. The van der Waals surface area contributed by atoms with Crippen molar-refractivity contribution in [1.82, 2.24) is 9.88 Å². The molecule has 0 bridgehead atoms. The third kappa shape index (κ3) is 5.66. The van der Waals surface area contributed by atoms with Crippen molar-refractivity contribution < 1.29 is 27.4 Å². The number of hydrogen-bond acceptors (Lipinski definition) is 4. The van der Waals surface area contributed by atoms with E-state index in [-0.39, 0.29) is 29.5 Å². The summed E-state index contributed by atoms with van der Waals surface area (Å²) >= 11 is 5.80. The smallest absolute Gasteiger partial charge is 0.417 e. The number of aromatic nitrogens is 1. The number of ether oxygens (including phenoxy) is 2. The van der Waals surface area contributed by atoms with E-state index in [4.69, 9.17) is 21.1 Å². The van der Waals surface area contributed by atoms with Gasteiger partial charge in [-0.05, 0) is 33.3 Å². The molecule has 1 aliphatic heterocycles. The van der Waals surface area contributed by atoms with Gasteiger partial charge < -0.3 is 14.4 Å². The Morgan fingerprint density at radius 1 is 1.40 bits per heavy atom. The van der Waals surface area contributed by atoms with Crippen molar-refractivity contribution in [3.05, 3.63) is 22.8 Å². The number of amides is 1. The Labute approximate surface area is 149 Å². The summed E-state index contributed by atoms with van der Waals surface area (Å²) in [5.41, 5.74) is -1.49. The number of hydrogen-bond donors (Lipinski definition) is 0. The first-order chi connectivity index (χ1) is 11.5. The third-order valence-corrected chi connectivity index (χ3v) is 3.80. The highest BCUT2D eigenvalue weighted by molar-refractivity contribution is 6.31. The number of carbonyl (C=O) groups is 1. The molecule has 25 heavy (non-hydrogen) atoms. The van der Waals surface area contributed by atoms with Crippen molar-refractivity contribution >= 4 is 17.7 Å². The summed E-state index contributed by atoms with van der Waals surface area (Å²) in [6, 6.07) is 0.783. The molecule has 1 saturated heterocycles. The monoisotopic (exact) mass is 380 g/mol. The number of alkyl halides is 3. The lowest BCUT2D eigenvalue weighted by Gasteiger charge is -2.24. The van der Waals surface area contributed by atoms with E-state index in [9.17, 15) is 18.0 Å². The zero-order valence-electron chi connectivity index (χ0n) is 14.2. The van der Waals surface area contributed by atoms with E-state index >= 15 is 0 Å². The van der Waals surface area contributed by atoms with Crippen LogP contribution in [-0.4, -0.2) is 41.3 Å². The second kappa shape index (κ2) is 7.27. The molecule has 1 fully saturated rings. The van der Waals surface area contributed by atoms with Crippen LogP contribution < -0.4 is 4.74 Å². The Bertz CT molecular complexity index is 632. The number of carbonyl (C=O) groups excluding carboxylic acids is 1. The summed E-state index contributed by atoms with van der Waals surface area (Å²) in [4.78, 5) is 17.2. The van der Waals surface area contributed by atoms with Gasteiger partial charge >= 0.3 is 12.3 Å². The summed E-state index contributed by atoms with van der Waals surface area (Å²) in [7, 11) is 0. The number of nitrogens with zero attached hydrogens (tertiary/aromatic N) is 2. The molecule has 0 aromatic carbocycles. The molecule has 0 N–H and O–H groups in total. The van der Waals surface area contributed by atoms with E-state index in [0.29, 0.717) is 25.7 Å². The first-order valence-electron chi connectivity index (χ1n) is 7.79. The molecule has 5 nitrogen and oxygen atoms in total. The second-order valence-electron chi connectivity index (χ2n) is 6.90. The maximum atomic E-state index is 12.6. The van der Waals surface area contributed by atoms with Crippen LogP contribution in [-0.2, 0) is 10.9 Å². The van der Waals surface area contributed by atoms with E-state index in [1.165, 1.54) is 0 Å². The highest BCUT2D eigenvalue weighted by atomic mass is 35.5. The van der Waals surface area contributed by atoms with Crippen molar-refractivity contribution in [1.29, 1.82) is 0 Å². The van der Waals surface area contributed by atoms with E-state index in [1.807, 2.05) is 0 Å². The molecule has 2 rings (SSSR count). The van der Waals surface area contributed by atoms with Crippen molar-refractivity contribution in [2.24, 2.45) is 5.92 Å². The minimum atomic E-state index is -4.51. The van der Waals surface area contributed by atoms with Crippen LogP contribution in [0.2, 0.25) is 5.02 Å². The fourth-order valence-electron chi connectivity index (χ4n) is 2.34. The Balaban J connectivity index is 1.88. The average molecular weight is 381 g/mol. The number of rotatable bonds is 3. The molecule has 0 aliphatic carbocycles. The van der Waals surface area contributed by atoms with Gasteiger partial charge in [0.15, 0.2) is 0 Å². The largest absolute Gasteiger partial charge is 0.476 e. The Hall–Kier alpha value is -1.70. The maximum Gasteiger partial charge on any atom is 0.417 e. The predicted molar refractivity (Wildman–Crippen MR) is 85.7 cm³/mol. The van der Waals surface area contributed by atoms with Crippen LogP contribution >= 0.6 is 11.6 Å². The minimum absolute atomic E-state index is 0.0349. The molecular formula is C16H20ClF3N2O3. The van der Waals surface area contributed by atoms with Crippen LogP contribution in [0.25, 0.3) is 0 Å². The molecule has 0 saturated carbocycles. The van der Waals surface area contributed by atoms with Gasteiger partial charge in [-0.15, -0.1) is 0 Å². The highest BCUT2D eigenvalue weighted by Gasteiger charge is 2.32. The fraction of sp³-hybridized carbons (Fsp3) is 0.625. The molecule has 1 aromatic rings. The van der Waals surface area contributed by atoms with Crippen LogP contribution in [0.5, 0.6) is 5.88 Å². The molecule has 1 atom stereocenters. The highest BCUT2D eigenvalue weighted by Crippen LogP contribution is 2.33. The van der Waals surface area contributed by atoms with Crippen LogP contribution in [0.15, 0.2) is 12.3 Å². The van der Waals surface area contributed by atoms with Crippen LogP contribution in [0.4, 0.5) is 18.0 Å². The lowest BCUT2D eigenvalue weighted by atomic mass is 10.1. The zero-order chi connectivity index (χ0) is 18.8. The molecule has 140 valence electrons. The van der Waals surface area contributed by atoms with Crippen molar-refractivity contribution in [3.63, 3.8) is 0 Å². The Kier molecular flexibility index (Phi) is 5.71. The van der Waals surface area contributed by atoms with Gasteiger partial charge in [0.25, 0.3) is 0 Å². The third-order valence-electron chi connectivity index (χ3n) is 3.53. The van der Waals surface area contributed by atoms with Crippen molar-refractivity contribution in [2.75, 3.05) is 19.7 Å². The molecule has 9 heteroatoms. The summed E-state index contributed by atoms with van der Waals surface area (Å²) < 4.78 is 48.5. The van der Waals surface area contributed by atoms with Gasteiger partial charge in [-0.1, -0.05) is 11.6 Å². The average Bonchev–Trinajstić information content (AvgIpc) is 2.92. The summed E-state index contributed by atoms with van der Waals surface area (Å²) in [5.74, 6) is -0.0157. The maximum absolute atomic E-state index is 12.6. The Morgan fingerprint density at radius 3 is 2.64 bits per heavy atom. The van der Waals surface area contributed by atoms with Gasteiger partial charge in [-0.25, -0.2) is 9.78 Å². The van der Waals surface area contributed by atoms with Crippen LogP contribution in [0.3, 0.4) is 0 Å². The number of likely N-dealkylation sites (tertiary alicyclic amines) is 1. The molecule has 2 heterocycles. The number of halogens is 4. The zero-order valence-corrected chi connectivity index (χ0v) is 14.9. The van der Waals surface area contributed by atoms with Gasteiger partial charge in [0.1, 0.15) is 10.6 Å². The minimum Gasteiger partial charge on any atom is -0.476 e. The lowest BCUT2D eigenvalue weighted by Crippen LogP contribution is -2.35. The molecule has 0 spiro atoms. The van der Waals surface area contributed by atoms with Crippen LogP contribution in [0.1, 0.15) is 32.8 Å². The van der Waals surface area contributed by atoms with Crippen molar-refractivity contribution in [3.8, 4) is 5.88 Å². The SMILES string of the molecule is CC(C)(C)OC(=O)N1CC[C@@H](COc2ncc(C(F)(F)F)cc2Cl)C1. The topological polar surface area (TPSA) is 51.7 Å². The lowest BCUT2D eigenvalue weighted by molar-refractivity contribution is -0.137. The first kappa shape index (κ1) is 19.6. The van der Waals surface area contributed by atoms with E-state index < -0.39 is 17.3 Å². The normalized spacial score (nSPS) is 18.4. The first-order valence-corrected chi connectivity index (χ1v) is 8.17. The van der Waals surface area contributed by atoms with Gasteiger partial charge in [-0.3, -0.25) is 0 Å². The standard InChI is InChI=1S/C16H20ClF3N2O3/c1-15(2,3)25-14(23)22-5-4-10(8-22)9-24-13-12(17)6-11(7-21-13)16(18,19)20/h6-7,10H,4-5,8-9H2,1-3H3/t10-/m1/s1.